The Balaban J connectivity index is 1.62. The molecule has 2 heterocycles. The molecule has 1 aromatic carbocycles. The third-order valence-electron chi connectivity index (χ3n) is 5.57. The van der Waals surface area contributed by atoms with Crippen LogP contribution in [0, 0.1) is 0 Å². The Bertz CT molecular complexity index is 976. The van der Waals surface area contributed by atoms with Gasteiger partial charge in [-0.1, -0.05) is 18.6 Å². The van der Waals surface area contributed by atoms with Gasteiger partial charge in [-0.2, -0.15) is 16.9 Å². The summed E-state index contributed by atoms with van der Waals surface area (Å²) in [5.74, 6) is 1.75. The van der Waals surface area contributed by atoms with Crippen molar-refractivity contribution in [1.82, 2.24) is 25.1 Å². The maximum atomic E-state index is 13.1. The fourth-order valence-electron chi connectivity index (χ4n) is 4.05. The molecule has 28 heavy (non-hydrogen) atoms. The van der Waals surface area contributed by atoms with Crippen molar-refractivity contribution >= 4 is 28.7 Å². The molecule has 1 aliphatic rings. The van der Waals surface area contributed by atoms with E-state index in [1.807, 2.05) is 25.2 Å². The maximum absolute atomic E-state index is 13.1. The fraction of sp³-hybridized carbons (Fsp3) is 0.476. The maximum Gasteiger partial charge on any atom is 0.272 e. The van der Waals surface area contributed by atoms with Crippen LogP contribution < -0.4 is 5.32 Å². The van der Waals surface area contributed by atoms with Crippen LogP contribution in [0.1, 0.15) is 59.3 Å². The molecule has 148 valence electrons. The molecule has 1 atom stereocenters. The van der Waals surface area contributed by atoms with Gasteiger partial charge in [0, 0.05) is 18.3 Å². The standard InChI is InChI=1S/C21H27N5OS/c1-26-18-11-7-6-10-16(18)22-20(26)17(12-13-28-2)23-21(27)19-14-8-4-3-5-9-15(14)24-25-19/h6-7,10-11,17H,3-5,8-9,12-13H2,1-2H3,(H,23,27)(H,24,25). The number of rotatable bonds is 6. The van der Waals surface area contributed by atoms with E-state index < -0.39 is 0 Å². The van der Waals surface area contributed by atoms with E-state index in [1.165, 1.54) is 6.42 Å². The van der Waals surface area contributed by atoms with E-state index in [4.69, 9.17) is 4.98 Å². The van der Waals surface area contributed by atoms with Gasteiger partial charge >= 0.3 is 0 Å². The molecule has 4 rings (SSSR count). The van der Waals surface area contributed by atoms with Crippen LogP contribution in [0.15, 0.2) is 24.3 Å². The molecule has 1 unspecified atom stereocenters. The monoisotopic (exact) mass is 397 g/mol. The molecule has 6 nitrogen and oxygen atoms in total. The van der Waals surface area contributed by atoms with Gasteiger partial charge in [0.15, 0.2) is 5.69 Å². The lowest BCUT2D eigenvalue weighted by atomic mass is 10.1. The number of benzene rings is 1. The number of para-hydroxylation sites is 2. The van der Waals surface area contributed by atoms with Crippen LogP contribution in [0.2, 0.25) is 0 Å². The summed E-state index contributed by atoms with van der Waals surface area (Å²) in [6.07, 6.45) is 8.31. The molecule has 7 heteroatoms. The van der Waals surface area contributed by atoms with Crippen LogP contribution in [-0.4, -0.2) is 37.7 Å². The van der Waals surface area contributed by atoms with E-state index in [2.05, 4.69) is 32.4 Å². The lowest BCUT2D eigenvalue weighted by molar-refractivity contribution is 0.0927. The van der Waals surface area contributed by atoms with E-state index in [0.29, 0.717) is 5.69 Å². The lowest BCUT2D eigenvalue weighted by Gasteiger charge is -2.18. The molecule has 0 saturated carbocycles. The number of H-pyrrole nitrogens is 1. The van der Waals surface area contributed by atoms with Crippen molar-refractivity contribution in [2.45, 2.75) is 44.6 Å². The van der Waals surface area contributed by atoms with Crippen molar-refractivity contribution in [2.24, 2.45) is 7.05 Å². The van der Waals surface area contributed by atoms with E-state index in [0.717, 1.165) is 66.0 Å². The van der Waals surface area contributed by atoms with Crippen molar-refractivity contribution in [3.63, 3.8) is 0 Å². The van der Waals surface area contributed by atoms with Gasteiger partial charge < -0.3 is 9.88 Å². The average molecular weight is 398 g/mol. The summed E-state index contributed by atoms with van der Waals surface area (Å²) in [4.78, 5) is 17.9. The summed E-state index contributed by atoms with van der Waals surface area (Å²) in [5, 5.41) is 10.7. The third-order valence-corrected chi connectivity index (χ3v) is 6.21. The zero-order valence-corrected chi connectivity index (χ0v) is 17.3. The highest BCUT2D eigenvalue weighted by molar-refractivity contribution is 7.98. The van der Waals surface area contributed by atoms with Crippen molar-refractivity contribution in [3.8, 4) is 0 Å². The Hall–Kier alpha value is -2.28. The molecule has 0 radical (unpaired) electrons. The molecule has 3 aromatic rings. The number of hydrogen-bond acceptors (Lipinski definition) is 4. The topological polar surface area (TPSA) is 75.6 Å². The van der Waals surface area contributed by atoms with E-state index in [-0.39, 0.29) is 11.9 Å². The first-order valence-electron chi connectivity index (χ1n) is 9.96. The normalized spacial score (nSPS) is 15.2. The number of carbonyl (C=O) groups excluding carboxylic acids is 1. The van der Waals surface area contributed by atoms with Crippen LogP contribution in [0.4, 0.5) is 0 Å². The van der Waals surface area contributed by atoms with Gasteiger partial charge in [0.1, 0.15) is 5.82 Å². The number of hydrogen-bond donors (Lipinski definition) is 2. The van der Waals surface area contributed by atoms with E-state index >= 15 is 0 Å². The SMILES string of the molecule is CSCCC(NC(=O)c1n[nH]c2c1CCCCC2)c1nc2ccccc2n1C. The second-order valence-electron chi connectivity index (χ2n) is 7.42. The highest BCUT2D eigenvalue weighted by Gasteiger charge is 2.25. The molecule has 0 spiro atoms. The van der Waals surface area contributed by atoms with Crippen molar-refractivity contribution in [3.05, 3.63) is 47.0 Å². The molecule has 1 amide bonds. The van der Waals surface area contributed by atoms with Crippen LogP contribution in [0.25, 0.3) is 11.0 Å². The fourth-order valence-corrected chi connectivity index (χ4v) is 4.52. The van der Waals surface area contributed by atoms with Gasteiger partial charge in [0.05, 0.1) is 17.1 Å². The first kappa shape index (κ1) is 19.1. The van der Waals surface area contributed by atoms with Crippen LogP contribution in [0.3, 0.4) is 0 Å². The Morgan fingerprint density at radius 3 is 2.93 bits per heavy atom. The smallest absolute Gasteiger partial charge is 0.272 e. The summed E-state index contributed by atoms with van der Waals surface area (Å²) in [7, 11) is 2.02. The Morgan fingerprint density at radius 1 is 1.29 bits per heavy atom. The molecular weight excluding hydrogens is 370 g/mol. The van der Waals surface area contributed by atoms with E-state index in [1.54, 1.807) is 11.8 Å². The van der Waals surface area contributed by atoms with E-state index in [9.17, 15) is 4.79 Å². The van der Waals surface area contributed by atoms with Crippen LogP contribution in [-0.2, 0) is 19.9 Å². The van der Waals surface area contributed by atoms with Crippen LogP contribution in [0.5, 0.6) is 0 Å². The summed E-state index contributed by atoms with van der Waals surface area (Å²) in [6.45, 7) is 0. The summed E-state index contributed by atoms with van der Waals surface area (Å²) >= 11 is 1.78. The number of carbonyl (C=O) groups is 1. The molecular formula is C21H27N5OS. The summed E-state index contributed by atoms with van der Waals surface area (Å²) < 4.78 is 2.09. The van der Waals surface area contributed by atoms with Gasteiger partial charge in [-0.05, 0) is 56.2 Å². The number of imidazole rings is 1. The largest absolute Gasteiger partial charge is 0.341 e. The van der Waals surface area contributed by atoms with Gasteiger partial charge in [-0.25, -0.2) is 4.98 Å². The van der Waals surface area contributed by atoms with Gasteiger partial charge in [0.2, 0.25) is 0 Å². The second kappa shape index (κ2) is 8.39. The summed E-state index contributed by atoms with van der Waals surface area (Å²) in [5.41, 5.74) is 4.83. The van der Waals surface area contributed by atoms with Crippen molar-refractivity contribution < 1.29 is 4.79 Å². The molecule has 0 bridgehead atoms. The molecule has 0 aliphatic heterocycles. The molecule has 1 aliphatic carbocycles. The van der Waals surface area contributed by atoms with Gasteiger partial charge in [-0.15, -0.1) is 0 Å². The third kappa shape index (κ3) is 3.68. The predicted molar refractivity (Wildman–Crippen MR) is 114 cm³/mol. The number of thioether (sulfide) groups is 1. The zero-order chi connectivity index (χ0) is 19.5. The first-order valence-corrected chi connectivity index (χ1v) is 11.4. The summed E-state index contributed by atoms with van der Waals surface area (Å²) in [6, 6.07) is 7.94. The van der Waals surface area contributed by atoms with Crippen molar-refractivity contribution in [1.29, 1.82) is 0 Å². The Labute approximate surface area is 169 Å². The first-order chi connectivity index (χ1) is 13.7. The predicted octanol–water partition coefficient (Wildman–Crippen LogP) is 3.79. The highest BCUT2D eigenvalue weighted by atomic mass is 32.2. The number of fused-ring (bicyclic) bond motifs is 2. The molecule has 0 fully saturated rings. The van der Waals surface area contributed by atoms with Gasteiger partial charge in [0.25, 0.3) is 5.91 Å². The number of amides is 1. The minimum Gasteiger partial charge on any atom is -0.341 e. The minimum absolute atomic E-state index is 0.0995. The molecule has 0 saturated heterocycles. The zero-order valence-electron chi connectivity index (χ0n) is 16.5. The number of aromatic amines is 1. The number of aromatic nitrogens is 4. The van der Waals surface area contributed by atoms with Gasteiger partial charge in [-0.3, -0.25) is 9.89 Å². The lowest BCUT2D eigenvalue weighted by Crippen LogP contribution is -2.31. The number of nitrogens with zero attached hydrogens (tertiary/aromatic N) is 3. The Kier molecular flexibility index (Phi) is 5.71. The van der Waals surface area contributed by atoms with Crippen molar-refractivity contribution in [2.75, 3.05) is 12.0 Å². The second-order valence-corrected chi connectivity index (χ2v) is 8.40. The Morgan fingerprint density at radius 2 is 2.11 bits per heavy atom. The quantitative estimate of drug-likeness (QED) is 0.621. The minimum atomic E-state index is -0.143. The molecule has 2 N–H and O–H groups in total. The number of aryl methyl sites for hydroxylation is 2. The average Bonchev–Trinajstić information content (AvgIpc) is 3.18. The molecule has 2 aromatic heterocycles. The number of nitrogens with one attached hydrogen (secondary N) is 2. The highest BCUT2D eigenvalue weighted by Crippen LogP contribution is 2.25. The van der Waals surface area contributed by atoms with Crippen LogP contribution >= 0.6 is 11.8 Å².